The summed E-state index contributed by atoms with van der Waals surface area (Å²) < 4.78 is 10.5. The monoisotopic (exact) mass is 265 g/mol. The zero-order valence-corrected chi connectivity index (χ0v) is 12.6. The van der Waals surface area contributed by atoms with Gasteiger partial charge < -0.3 is 9.47 Å². The molecular weight excluding hydrogens is 242 g/mol. The fraction of sp³-hybridized carbons (Fsp3) is 0.533. The summed E-state index contributed by atoms with van der Waals surface area (Å²) in [6, 6.07) is 3.57. The van der Waals surface area contributed by atoms with E-state index in [1.54, 1.807) is 7.11 Å². The molecule has 0 aromatic heterocycles. The number of benzene rings is 1. The zero-order chi connectivity index (χ0) is 14.6. The van der Waals surface area contributed by atoms with E-state index in [-0.39, 0.29) is 12.0 Å². The summed E-state index contributed by atoms with van der Waals surface area (Å²) in [5, 5.41) is 0. The quantitative estimate of drug-likeness (QED) is 0.767. The summed E-state index contributed by atoms with van der Waals surface area (Å²) in [7, 11) is 5.40. The maximum absolute atomic E-state index is 12.1. The second-order valence-electron chi connectivity index (χ2n) is 4.80. The van der Waals surface area contributed by atoms with Gasteiger partial charge in [-0.15, -0.1) is 0 Å². The number of hydrogen-bond donors (Lipinski definition) is 0. The summed E-state index contributed by atoms with van der Waals surface area (Å²) in [4.78, 5) is 14.0. The molecule has 0 saturated carbocycles. The molecule has 0 radical (unpaired) electrons. The fourth-order valence-corrected chi connectivity index (χ4v) is 2.16. The Kier molecular flexibility index (Phi) is 5.36. The number of likely N-dealkylation sites (N-methyl/N-ethyl adjacent to an activating group) is 1. The molecule has 0 heterocycles. The predicted octanol–water partition coefficient (Wildman–Crippen LogP) is 2.48. The molecule has 4 heteroatoms. The van der Waals surface area contributed by atoms with Crippen LogP contribution < -0.4 is 4.74 Å². The Labute approximate surface area is 115 Å². The molecule has 4 nitrogen and oxygen atoms in total. The van der Waals surface area contributed by atoms with Gasteiger partial charge in [0.05, 0.1) is 13.7 Å². The molecule has 1 aromatic carbocycles. The number of esters is 1. The van der Waals surface area contributed by atoms with E-state index in [1.807, 2.05) is 51.9 Å². The van der Waals surface area contributed by atoms with Crippen LogP contribution in [0, 0.1) is 13.8 Å². The van der Waals surface area contributed by atoms with Crippen LogP contribution in [0.15, 0.2) is 12.1 Å². The van der Waals surface area contributed by atoms with E-state index in [4.69, 9.17) is 9.47 Å². The van der Waals surface area contributed by atoms with Crippen molar-refractivity contribution in [2.45, 2.75) is 26.8 Å². The van der Waals surface area contributed by atoms with Crippen LogP contribution in [0.25, 0.3) is 0 Å². The largest absolute Gasteiger partial charge is 0.496 e. The lowest BCUT2D eigenvalue weighted by Gasteiger charge is -2.25. The Morgan fingerprint density at radius 3 is 2.37 bits per heavy atom. The van der Waals surface area contributed by atoms with Gasteiger partial charge in [-0.3, -0.25) is 4.90 Å². The van der Waals surface area contributed by atoms with E-state index >= 15 is 0 Å². The van der Waals surface area contributed by atoms with Crippen LogP contribution in [0.1, 0.15) is 29.7 Å². The molecule has 0 bridgehead atoms. The minimum absolute atomic E-state index is 0.222. The fourth-order valence-electron chi connectivity index (χ4n) is 2.16. The molecule has 0 saturated heterocycles. The zero-order valence-electron chi connectivity index (χ0n) is 12.6. The van der Waals surface area contributed by atoms with Crippen molar-refractivity contribution in [3.63, 3.8) is 0 Å². The highest BCUT2D eigenvalue weighted by Gasteiger charge is 2.26. The summed E-state index contributed by atoms with van der Waals surface area (Å²) in [6.45, 7) is 6.15. The van der Waals surface area contributed by atoms with Crippen LogP contribution in [-0.2, 0) is 9.53 Å². The lowest BCUT2D eigenvalue weighted by Crippen LogP contribution is -2.30. The van der Waals surface area contributed by atoms with Gasteiger partial charge >= 0.3 is 5.97 Å². The number of hydrogen-bond acceptors (Lipinski definition) is 4. The standard InChI is InChI=1S/C15H23NO3/c1-7-19-15(17)14(16(4)5)12-8-11(3)13(18-6)9-10(12)2/h8-9,14H,7H2,1-6H3. The van der Waals surface area contributed by atoms with Crippen molar-refractivity contribution in [1.82, 2.24) is 4.90 Å². The van der Waals surface area contributed by atoms with Gasteiger partial charge in [-0.05, 0) is 63.7 Å². The molecule has 0 aliphatic carbocycles. The molecule has 0 N–H and O–H groups in total. The van der Waals surface area contributed by atoms with Crippen LogP contribution in [-0.4, -0.2) is 38.7 Å². The van der Waals surface area contributed by atoms with Crippen molar-refractivity contribution in [2.24, 2.45) is 0 Å². The Morgan fingerprint density at radius 2 is 1.89 bits per heavy atom. The number of methoxy groups -OCH3 is 1. The van der Waals surface area contributed by atoms with E-state index in [0.29, 0.717) is 6.61 Å². The number of aryl methyl sites for hydroxylation is 2. The molecule has 1 rings (SSSR count). The van der Waals surface area contributed by atoms with Gasteiger partial charge in [0.1, 0.15) is 11.8 Å². The number of rotatable bonds is 5. The van der Waals surface area contributed by atoms with E-state index < -0.39 is 0 Å². The minimum atomic E-state index is -0.385. The first-order valence-electron chi connectivity index (χ1n) is 6.40. The SMILES string of the molecule is CCOC(=O)C(c1cc(C)c(OC)cc1C)N(C)C. The maximum atomic E-state index is 12.1. The number of carbonyl (C=O) groups is 1. The summed E-state index contributed by atoms with van der Waals surface area (Å²) >= 11 is 0. The number of nitrogens with zero attached hydrogens (tertiary/aromatic N) is 1. The van der Waals surface area contributed by atoms with E-state index in [2.05, 4.69) is 0 Å². The minimum Gasteiger partial charge on any atom is -0.496 e. The predicted molar refractivity (Wildman–Crippen MR) is 75.5 cm³/mol. The molecule has 1 unspecified atom stereocenters. The van der Waals surface area contributed by atoms with Gasteiger partial charge in [0, 0.05) is 0 Å². The molecule has 0 aliphatic rings. The van der Waals surface area contributed by atoms with Crippen molar-refractivity contribution in [3.05, 3.63) is 28.8 Å². The van der Waals surface area contributed by atoms with Gasteiger partial charge in [0.25, 0.3) is 0 Å². The van der Waals surface area contributed by atoms with E-state index in [9.17, 15) is 4.79 Å². The summed E-state index contributed by atoms with van der Waals surface area (Å²) in [6.07, 6.45) is 0. The van der Waals surface area contributed by atoms with Crippen molar-refractivity contribution in [1.29, 1.82) is 0 Å². The van der Waals surface area contributed by atoms with Crippen LogP contribution in [0.4, 0.5) is 0 Å². The molecule has 1 aromatic rings. The van der Waals surface area contributed by atoms with E-state index in [1.165, 1.54) is 0 Å². The topological polar surface area (TPSA) is 38.8 Å². The van der Waals surface area contributed by atoms with Crippen LogP contribution in [0.2, 0.25) is 0 Å². The van der Waals surface area contributed by atoms with Gasteiger partial charge in [-0.2, -0.15) is 0 Å². The highest BCUT2D eigenvalue weighted by molar-refractivity contribution is 5.78. The summed E-state index contributed by atoms with van der Waals surface area (Å²) in [5.41, 5.74) is 3.00. The van der Waals surface area contributed by atoms with Crippen LogP contribution >= 0.6 is 0 Å². The molecule has 1 atom stereocenters. The third-order valence-corrected chi connectivity index (χ3v) is 3.10. The van der Waals surface area contributed by atoms with Gasteiger partial charge in [0.15, 0.2) is 0 Å². The van der Waals surface area contributed by atoms with Crippen LogP contribution in [0.5, 0.6) is 5.75 Å². The number of ether oxygens (including phenoxy) is 2. The molecule has 0 aliphatic heterocycles. The van der Waals surface area contributed by atoms with Gasteiger partial charge in [0.2, 0.25) is 0 Å². The van der Waals surface area contributed by atoms with Gasteiger partial charge in [-0.25, -0.2) is 4.79 Å². The molecule has 0 spiro atoms. The Hall–Kier alpha value is -1.55. The highest BCUT2D eigenvalue weighted by Crippen LogP contribution is 2.29. The van der Waals surface area contributed by atoms with E-state index in [0.717, 1.165) is 22.4 Å². The average Bonchev–Trinajstić information content (AvgIpc) is 2.33. The summed E-state index contributed by atoms with van der Waals surface area (Å²) in [5.74, 6) is 0.614. The van der Waals surface area contributed by atoms with Crippen molar-refractivity contribution in [3.8, 4) is 5.75 Å². The molecule has 19 heavy (non-hydrogen) atoms. The highest BCUT2D eigenvalue weighted by atomic mass is 16.5. The van der Waals surface area contributed by atoms with Crippen molar-refractivity contribution < 1.29 is 14.3 Å². The van der Waals surface area contributed by atoms with Crippen LogP contribution in [0.3, 0.4) is 0 Å². The first-order valence-corrected chi connectivity index (χ1v) is 6.40. The van der Waals surface area contributed by atoms with Gasteiger partial charge in [-0.1, -0.05) is 0 Å². The molecule has 0 fully saturated rings. The van der Waals surface area contributed by atoms with Crippen molar-refractivity contribution in [2.75, 3.05) is 27.8 Å². The Morgan fingerprint density at radius 1 is 1.26 bits per heavy atom. The molecular formula is C15H23NO3. The number of carbonyl (C=O) groups excluding carboxylic acids is 1. The third kappa shape index (κ3) is 3.47. The maximum Gasteiger partial charge on any atom is 0.327 e. The Balaban J connectivity index is 3.23. The average molecular weight is 265 g/mol. The smallest absolute Gasteiger partial charge is 0.327 e. The second kappa shape index (κ2) is 6.57. The molecule has 106 valence electrons. The van der Waals surface area contributed by atoms with Crippen molar-refractivity contribution >= 4 is 5.97 Å². The third-order valence-electron chi connectivity index (χ3n) is 3.10. The first kappa shape index (κ1) is 15.5. The lowest BCUT2D eigenvalue weighted by atomic mass is 9.97. The lowest BCUT2D eigenvalue weighted by molar-refractivity contribution is -0.148. The Bertz CT molecular complexity index is 455. The second-order valence-corrected chi connectivity index (χ2v) is 4.80. The first-order chi connectivity index (χ1) is 8.92. The normalized spacial score (nSPS) is 12.4. The molecule has 0 amide bonds.